The van der Waals surface area contributed by atoms with Gasteiger partial charge in [0.2, 0.25) is 5.91 Å². The zero-order valence-corrected chi connectivity index (χ0v) is 31.3. The molecule has 0 spiro atoms. The van der Waals surface area contributed by atoms with Gasteiger partial charge in [-0.3, -0.25) is 9.59 Å². The lowest BCUT2D eigenvalue weighted by Gasteiger charge is -2.29. The highest BCUT2D eigenvalue weighted by atomic mass is 16.5. The first-order chi connectivity index (χ1) is 23.2. The molecular weight excluding hydrogens is 624 g/mol. The summed E-state index contributed by atoms with van der Waals surface area (Å²) in [6.07, 6.45) is 3.43. The van der Waals surface area contributed by atoms with Crippen LogP contribution in [0.5, 0.6) is 17.2 Å². The van der Waals surface area contributed by atoms with Gasteiger partial charge in [-0.1, -0.05) is 20.8 Å². The van der Waals surface area contributed by atoms with E-state index in [0.29, 0.717) is 74.0 Å². The van der Waals surface area contributed by atoms with Crippen LogP contribution in [-0.4, -0.2) is 93.7 Å². The van der Waals surface area contributed by atoms with Crippen molar-refractivity contribution >= 4 is 16.8 Å². The molecule has 0 radical (unpaired) electrons. The van der Waals surface area contributed by atoms with Gasteiger partial charge in [0.05, 0.1) is 31.9 Å². The van der Waals surface area contributed by atoms with E-state index in [-0.39, 0.29) is 17.1 Å². The molecule has 49 heavy (non-hydrogen) atoms. The average Bonchev–Trinajstić information content (AvgIpc) is 3.04. The molecule has 0 aliphatic heterocycles. The van der Waals surface area contributed by atoms with E-state index in [9.17, 15) is 9.59 Å². The topological polar surface area (TPSA) is 124 Å². The zero-order valence-electron chi connectivity index (χ0n) is 31.3. The Morgan fingerprint density at radius 3 is 2.31 bits per heavy atom. The molecule has 1 heterocycles. The summed E-state index contributed by atoms with van der Waals surface area (Å²) in [5, 5.41) is 3.46. The maximum Gasteiger partial charge on any atom is 0.262 e. The number of carbonyl (C=O) groups is 1. The van der Waals surface area contributed by atoms with E-state index in [0.717, 1.165) is 48.4 Å². The van der Waals surface area contributed by atoms with Crippen molar-refractivity contribution in [3.8, 4) is 28.6 Å². The molecule has 0 atom stereocenters. The van der Waals surface area contributed by atoms with E-state index in [1.165, 1.54) is 7.11 Å². The number of H-pyrrole nitrogens is 1. The van der Waals surface area contributed by atoms with Crippen LogP contribution in [0.2, 0.25) is 0 Å². The van der Waals surface area contributed by atoms with E-state index in [1.54, 1.807) is 19.2 Å². The number of aromatic amines is 1. The maximum absolute atomic E-state index is 13.0. The standard InChI is InChI=1S/C38H58N4O7/c1-11-16-42(8)17-12-15-39-36(44)37(4,5)13-19-49-38(6,7)14-18-47-20-21-48-33-26(2)22-28(23-27(33)3)34-40-30-24-29(45-9)25-31(46-10)32(30)35(43)41-34/h22-25H,11-21H2,1-10H3,(H,39,44)(H,40,41,43). The number of ether oxygens (including phenoxy) is 5. The Labute approximate surface area is 292 Å². The van der Waals surface area contributed by atoms with Crippen LogP contribution in [0.1, 0.15) is 71.4 Å². The Hall–Kier alpha value is -3.67. The molecule has 2 aromatic carbocycles. The van der Waals surface area contributed by atoms with Gasteiger partial charge in [-0.2, -0.15) is 0 Å². The van der Waals surface area contributed by atoms with Crippen LogP contribution in [0, 0.1) is 19.3 Å². The highest BCUT2D eigenvalue weighted by Gasteiger charge is 2.28. The fourth-order valence-corrected chi connectivity index (χ4v) is 5.62. The summed E-state index contributed by atoms with van der Waals surface area (Å²) in [4.78, 5) is 35.6. The molecule has 1 aromatic heterocycles. The molecule has 11 heteroatoms. The minimum absolute atomic E-state index is 0.0675. The molecule has 0 saturated heterocycles. The quantitative estimate of drug-likeness (QED) is 0.129. The lowest BCUT2D eigenvalue weighted by molar-refractivity contribution is -0.131. The van der Waals surface area contributed by atoms with Crippen LogP contribution in [0.25, 0.3) is 22.3 Å². The van der Waals surface area contributed by atoms with Gasteiger partial charge in [0.1, 0.15) is 35.1 Å². The van der Waals surface area contributed by atoms with Gasteiger partial charge in [-0.15, -0.1) is 0 Å². The van der Waals surface area contributed by atoms with E-state index in [1.807, 2.05) is 53.7 Å². The molecule has 0 unspecified atom stereocenters. The Morgan fingerprint density at radius 1 is 0.939 bits per heavy atom. The van der Waals surface area contributed by atoms with Gasteiger partial charge < -0.3 is 38.9 Å². The molecule has 0 aliphatic carbocycles. The van der Waals surface area contributed by atoms with Crippen LogP contribution in [0.15, 0.2) is 29.1 Å². The van der Waals surface area contributed by atoms with Crippen LogP contribution in [0.3, 0.4) is 0 Å². The number of fused-ring (bicyclic) bond motifs is 1. The molecule has 11 nitrogen and oxygen atoms in total. The SMILES string of the molecule is CCCN(C)CCCNC(=O)C(C)(C)CCOC(C)(C)CCOCCOc1c(C)cc(-c2nc3cc(OC)cc(OC)c3c(=O)[nH]2)cc1C. The van der Waals surface area contributed by atoms with Crippen molar-refractivity contribution in [3.05, 3.63) is 45.7 Å². The number of nitrogens with zero attached hydrogens (tertiary/aromatic N) is 2. The third-order valence-corrected chi connectivity index (χ3v) is 8.70. The number of rotatable bonds is 21. The minimum atomic E-state index is -0.501. The Morgan fingerprint density at radius 2 is 1.65 bits per heavy atom. The molecule has 3 aromatic rings. The summed E-state index contributed by atoms with van der Waals surface area (Å²) in [6.45, 7) is 18.7. The summed E-state index contributed by atoms with van der Waals surface area (Å²) < 4.78 is 28.9. The lowest BCUT2D eigenvalue weighted by Crippen LogP contribution is -2.39. The smallest absolute Gasteiger partial charge is 0.262 e. The largest absolute Gasteiger partial charge is 0.497 e. The van der Waals surface area contributed by atoms with Crippen LogP contribution in [-0.2, 0) is 14.3 Å². The van der Waals surface area contributed by atoms with Gasteiger partial charge in [-0.25, -0.2) is 4.98 Å². The number of benzene rings is 2. The molecule has 1 amide bonds. The van der Waals surface area contributed by atoms with Crippen LogP contribution < -0.4 is 25.1 Å². The summed E-state index contributed by atoms with van der Waals surface area (Å²) >= 11 is 0. The molecule has 0 fully saturated rings. The summed E-state index contributed by atoms with van der Waals surface area (Å²) in [6, 6.07) is 7.28. The molecule has 2 N–H and O–H groups in total. The Balaban J connectivity index is 1.43. The number of methoxy groups -OCH3 is 2. The van der Waals surface area contributed by atoms with Crippen molar-refractivity contribution < 1.29 is 28.5 Å². The Bertz CT molecular complexity index is 1560. The van der Waals surface area contributed by atoms with Gasteiger partial charge in [0, 0.05) is 42.9 Å². The zero-order chi connectivity index (χ0) is 36.2. The van der Waals surface area contributed by atoms with Gasteiger partial charge in [0.15, 0.2) is 0 Å². The average molecular weight is 683 g/mol. The summed E-state index contributed by atoms with van der Waals surface area (Å²) in [5.74, 6) is 2.25. The fraction of sp³-hybridized carbons (Fsp3) is 0.605. The van der Waals surface area contributed by atoms with E-state index < -0.39 is 5.41 Å². The van der Waals surface area contributed by atoms with Crippen molar-refractivity contribution in [1.82, 2.24) is 20.2 Å². The number of aromatic nitrogens is 2. The number of amides is 1. The second kappa shape index (κ2) is 18.4. The van der Waals surface area contributed by atoms with Crippen LogP contribution in [0.4, 0.5) is 0 Å². The van der Waals surface area contributed by atoms with Crippen LogP contribution >= 0.6 is 0 Å². The highest BCUT2D eigenvalue weighted by molar-refractivity contribution is 5.87. The molecule has 0 saturated carbocycles. The maximum atomic E-state index is 13.0. The lowest BCUT2D eigenvalue weighted by atomic mass is 9.88. The van der Waals surface area contributed by atoms with Crippen molar-refractivity contribution in [2.24, 2.45) is 5.41 Å². The number of carbonyl (C=O) groups excluding carboxylic acids is 1. The van der Waals surface area contributed by atoms with E-state index >= 15 is 0 Å². The first-order valence-corrected chi connectivity index (χ1v) is 17.3. The normalized spacial score (nSPS) is 12.1. The summed E-state index contributed by atoms with van der Waals surface area (Å²) in [7, 11) is 5.18. The Kier molecular flexibility index (Phi) is 14.9. The predicted molar refractivity (Wildman–Crippen MR) is 195 cm³/mol. The van der Waals surface area contributed by atoms with Crippen molar-refractivity contribution in [2.45, 2.75) is 79.8 Å². The monoisotopic (exact) mass is 682 g/mol. The number of nitrogens with one attached hydrogen (secondary N) is 2. The summed E-state index contributed by atoms with van der Waals surface area (Å²) in [5.41, 5.74) is 1.94. The third kappa shape index (κ3) is 11.7. The minimum Gasteiger partial charge on any atom is -0.497 e. The van der Waals surface area contributed by atoms with Gasteiger partial charge in [-0.05, 0) is 96.8 Å². The second-order valence-electron chi connectivity index (χ2n) is 13.9. The fourth-order valence-electron chi connectivity index (χ4n) is 5.62. The first-order valence-electron chi connectivity index (χ1n) is 17.3. The van der Waals surface area contributed by atoms with E-state index in [4.69, 9.17) is 28.7 Å². The van der Waals surface area contributed by atoms with Gasteiger partial charge >= 0.3 is 0 Å². The number of aryl methyl sites for hydroxylation is 2. The number of hydrogen-bond acceptors (Lipinski definition) is 9. The van der Waals surface area contributed by atoms with Crippen molar-refractivity contribution in [1.29, 1.82) is 0 Å². The first kappa shape index (κ1) is 39.8. The molecule has 272 valence electrons. The predicted octanol–water partition coefficient (Wildman–Crippen LogP) is 6.07. The molecule has 0 aliphatic rings. The molecular formula is C38H58N4O7. The number of hydrogen-bond donors (Lipinski definition) is 2. The second-order valence-corrected chi connectivity index (χ2v) is 13.9. The third-order valence-electron chi connectivity index (χ3n) is 8.70. The van der Waals surface area contributed by atoms with E-state index in [2.05, 4.69) is 29.2 Å². The van der Waals surface area contributed by atoms with Crippen molar-refractivity contribution in [2.75, 3.05) is 67.3 Å². The molecule has 3 rings (SSSR count). The van der Waals surface area contributed by atoms with Crippen molar-refractivity contribution in [3.63, 3.8) is 0 Å². The van der Waals surface area contributed by atoms with Gasteiger partial charge in [0.25, 0.3) is 5.56 Å². The molecule has 0 bridgehead atoms. The highest BCUT2D eigenvalue weighted by Crippen LogP contribution is 2.32.